The summed E-state index contributed by atoms with van der Waals surface area (Å²) in [6.45, 7) is 6.93. The Kier molecular flexibility index (Phi) is 6.26. The Morgan fingerprint density at radius 3 is 2.58 bits per heavy atom. The summed E-state index contributed by atoms with van der Waals surface area (Å²) in [5.41, 5.74) is -0.390. The molecule has 0 radical (unpaired) electrons. The van der Waals surface area contributed by atoms with E-state index in [-0.39, 0.29) is 11.3 Å². The van der Waals surface area contributed by atoms with E-state index in [9.17, 15) is 9.90 Å². The SMILES string of the molecule is COC[C@@]1(O)CC[C@H]2[C@H](CC[C@@H]3[C@@H]2CC[C@]2(C)[C@@H](C(=O)CN4CCOCC4)CC[C@@H]32)C1. The van der Waals surface area contributed by atoms with E-state index in [0.717, 1.165) is 75.7 Å². The van der Waals surface area contributed by atoms with E-state index >= 15 is 0 Å². The third-order valence-corrected chi connectivity index (χ3v) is 10.4. The van der Waals surface area contributed by atoms with Crippen molar-refractivity contribution in [2.75, 3.05) is 46.6 Å². The summed E-state index contributed by atoms with van der Waals surface area (Å²) in [5, 5.41) is 11.0. The number of morpholine rings is 1. The topological polar surface area (TPSA) is 59.0 Å². The summed E-state index contributed by atoms with van der Waals surface area (Å²) in [7, 11) is 1.71. The highest BCUT2D eigenvalue weighted by Crippen LogP contribution is 2.64. The lowest BCUT2D eigenvalue weighted by Crippen LogP contribution is -2.52. The number of Topliss-reactive ketones (excluding diaryl/α,β-unsaturated/α-hetero) is 1. The van der Waals surface area contributed by atoms with Crippen LogP contribution in [0, 0.1) is 40.9 Å². The molecule has 0 aromatic carbocycles. The van der Waals surface area contributed by atoms with Gasteiger partial charge in [0.25, 0.3) is 0 Å². The van der Waals surface area contributed by atoms with Gasteiger partial charge in [0.1, 0.15) is 5.78 Å². The molecule has 5 fully saturated rings. The molecule has 176 valence electrons. The van der Waals surface area contributed by atoms with Crippen LogP contribution in [0.25, 0.3) is 0 Å². The Bertz CT molecular complexity index is 664. The van der Waals surface area contributed by atoms with E-state index in [1.807, 2.05) is 0 Å². The first-order valence-corrected chi connectivity index (χ1v) is 13.0. The van der Waals surface area contributed by atoms with Crippen LogP contribution in [-0.2, 0) is 14.3 Å². The van der Waals surface area contributed by atoms with Gasteiger partial charge in [-0.2, -0.15) is 0 Å². The number of aliphatic hydroxyl groups is 1. The van der Waals surface area contributed by atoms with Gasteiger partial charge >= 0.3 is 0 Å². The highest BCUT2D eigenvalue weighted by Gasteiger charge is 2.59. The third kappa shape index (κ3) is 4.02. The summed E-state index contributed by atoms with van der Waals surface area (Å²) in [6, 6.07) is 0. The average molecular weight is 434 g/mol. The third-order valence-electron chi connectivity index (χ3n) is 10.4. The van der Waals surface area contributed by atoms with Crippen LogP contribution >= 0.6 is 0 Å². The van der Waals surface area contributed by atoms with Gasteiger partial charge in [-0.1, -0.05) is 6.92 Å². The zero-order valence-electron chi connectivity index (χ0n) is 19.7. The Morgan fingerprint density at radius 1 is 1.03 bits per heavy atom. The largest absolute Gasteiger partial charge is 0.387 e. The number of ether oxygens (including phenoxy) is 2. The van der Waals surface area contributed by atoms with Crippen LogP contribution < -0.4 is 0 Å². The second-order valence-corrected chi connectivity index (χ2v) is 11.9. The monoisotopic (exact) mass is 433 g/mol. The molecular weight excluding hydrogens is 390 g/mol. The zero-order chi connectivity index (χ0) is 21.6. The molecule has 0 amide bonds. The minimum Gasteiger partial charge on any atom is -0.387 e. The average Bonchev–Trinajstić information content (AvgIpc) is 3.11. The molecule has 4 saturated carbocycles. The lowest BCUT2D eigenvalue weighted by atomic mass is 9.49. The molecule has 1 saturated heterocycles. The molecule has 4 aliphatic carbocycles. The first-order valence-electron chi connectivity index (χ1n) is 13.0. The Labute approximate surface area is 188 Å². The molecule has 1 N–H and O–H groups in total. The fourth-order valence-corrected chi connectivity index (χ4v) is 8.98. The Balaban J connectivity index is 1.25. The first-order chi connectivity index (χ1) is 14.9. The number of ketones is 1. The number of hydrogen-bond acceptors (Lipinski definition) is 5. The van der Waals surface area contributed by atoms with Crippen molar-refractivity contribution in [1.82, 2.24) is 4.90 Å². The second-order valence-electron chi connectivity index (χ2n) is 11.9. The minimum atomic E-state index is -0.601. The van der Waals surface area contributed by atoms with Crippen LogP contribution in [0.3, 0.4) is 0 Å². The highest BCUT2D eigenvalue weighted by molar-refractivity contribution is 5.84. The van der Waals surface area contributed by atoms with Crippen molar-refractivity contribution in [3.63, 3.8) is 0 Å². The van der Waals surface area contributed by atoms with Crippen LogP contribution in [-0.4, -0.2) is 68.0 Å². The van der Waals surface area contributed by atoms with Crippen molar-refractivity contribution < 1.29 is 19.4 Å². The molecule has 5 aliphatic rings. The van der Waals surface area contributed by atoms with Crippen LogP contribution in [0.15, 0.2) is 0 Å². The molecule has 1 heterocycles. The number of nitrogens with zero attached hydrogens (tertiary/aromatic N) is 1. The van der Waals surface area contributed by atoms with Gasteiger partial charge in [-0.05, 0) is 92.8 Å². The fourth-order valence-electron chi connectivity index (χ4n) is 8.98. The molecule has 5 heteroatoms. The van der Waals surface area contributed by atoms with Crippen molar-refractivity contribution in [2.24, 2.45) is 40.9 Å². The van der Waals surface area contributed by atoms with Crippen LogP contribution in [0.4, 0.5) is 0 Å². The minimum absolute atomic E-state index is 0.211. The standard InChI is InChI=1S/C26H43NO4/c1-25-9-7-20-19-8-10-26(29,17-30-2)15-18(19)3-4-21(20)22(25)5-6-23(25)24(28)16-27-11-13-31-14-12-27/h18-23,29H,3-17H2,1-2H3/t18-,19+,20-,21-,22+,23-,25+,26-/m1/s1. The Hall–Kier alpha value is -0.490. The molecule has 0 unspecified atom stereocenters. The maximum atomic E-state index is 13.4. The maximum absolute atomic E-state index is 13.4. The van der Waals surface area contributed by atoms with Gasteiger partial charge in [0.2, 0.25) is 0 Å². The quantitative estimate of drug-likeness (QED) is 0.719. The first kappa shape index (κ1) is 22.3. The summed E-state index contributed by atoms with van der Waals surface area (Å²) in [5.74, 6) is 4.55. The summed E-state index contributed by atoms with van der Waals surface area (Å²) in [4.78, 5) is 15.7. The van der Waals surface area contributed by atoms with E-state index < -0.39 is 5.60 Å². The van der Waals surface area contributed by atoms with Crippen molar-refractivity contribution in [3.8, 4) is 0 Å². The van der Waals surface area contributed by atoms with Crippen LogP contribution in [0.2, 0.25) is 0 Å². The van der Waals surface area contributed by atoms with E-state index in [0.29, 0.717) is 24.9 Å². The molecule has 0 bridgehead atoms. The van der Waals surface area contributed by atoms with Crippen molar-refractivity contribution >= 4 is 5.78 Å². The molecule has 5 rings (SSSR count). The predicted octanol–water partition coefficient (Wildman–Crippen LogP) is 3.53. The number of rotatable bonds is 5. The number of hydrogen-bond donors (Lipinski definition) is 1. The smallest absolute Gasteiger partial charge is 0.150 e. The number of carbonyl (C=O) groups is 1. The van der Waals surface area contributed by atoms with E-state index in [1.165, 1.54) is 32.1 Å². The van der Waals surface area contributed by atoms with Gasteiger partial charge in [0.05, 0.1) is 32.0 Å². The van der Waals surface area contributed by atoms with Crippen molar-refractivity contribution in [2.45, 2.75) is 70.3 Å². The van der Waals surface area contributed by atoms with Gasteiger partial charge in [-0.3, -0.25) is 9.69 Å². The number of fused-ring (bicyclic) bond motifs is 5. The summed E-state index contributed by atoms with van der Waals surface area (Å²) in [6.07, 6.45) is 10.4. The zero-order valence-corrected chi connectivity index (χ0v) is 19.7. The van der Waals surface area contributed by atoms with E-state index in [1.54, 1.807) is 7.11 Å². The fraction of sp³-hybridized carbons (Fsp3) is 0.962. The van der Waals surface area contributed by atoms with Crippen molar-refractivity contribution in [1.29, 1.82) is 0 Å². The van der Waals surface area contributed by atoms with Crippen LogP contribution in [0.5, 0.6) is 0 Å². The van der Waals surface area contributed by atoms with Crippen LogP contribution in [0.1, 0.15) is 64.7 Å². The normalized spacial score (nSPS) is 48.0. The molecular formula is C26H43NO4. The van der Waals surface area contributed by atoms with E-state index in [2.05, 4.69) is 11.8 Å². The van der Waals surface area contributed by atoms with Gasteiger partial charge in [-0.25, -0.2) is 0 Å². The Morgan fingerprint density at radius 2 is 1.81 bits per heavy atom. The van der Waals surface area contributed by atoms with E-state index in [4.69, 9.17) is 9.47 Å². The van der Waals surface area contributed by atoms with Gasteiger partial charge in [0.15, 0.2) is 0 Å². The van der Waals surface area contributed by atoms with Gasteiger partial charge in [0, 0.05) is 26.1 Å². The molecule has 5 nitrogen and oxygen atoms in total. The molecule has 0 spiro atoms. The lowest BCUT2D eigenvalue weighted by Gasteiger charge is -2.57. The molecule has 31 heavy (non-hydrogen) atoms. The maximum Gasteiger partial charge on any atom is 0.150 e. The number of methoxy groups -OCH3 is 1. The molecule has 1 aliphatic heterocycles. The van der Waals surface area contributed by atoms with Gasteiger partial charge in [-0.15, -0.1) is 0 Å². The van der Waals surface area contributed by atoms with Crippen molar-refractivity contribution in [3.05, 3.63) is 0 Å². The second kappa shape index (κ2) is 8.70. The van der Waals surface area contributed by atoms with Gasteiger partial charge < -0.3 is 14.6 Å². The predicted molar refractivity (Wildman–Crippen MR) is 120 cm³/mol. The molecule has 8 atom stereocenters. The lowest BCUT2D eigenvalue weighted by molar-refractivity contribution is -0.137. The molecule has 0 aromatic rings. The number of carbonyl (C=O) groups excluding carboxylic acids is 1. The summed E-state index contributed by atoms with van der Waals surface area (Å²) < 4.78 is 10.8. The summed E-state index contributed by atoms with van der Waals surface area (Å²) >= 11 is 0. The molecule has 0 aromatic heterocycles. The highest BCUT2D eigenvalue weighted by atomic mass is 16.5.